The van der Waals surface area contributed by atoms with E-state index in [4.69, 9.17) is 28.4 Å². The smallest absolute Gasteiger partial charge is 0.220 e. The van der Waals surface area contributed by atoms with Gasteiger partial charge in [-0.05, 0) is 51.4 Å². The van der Waals surface area contributed by atoms with E-state index in [0.717, 1.165) is 57.8 Å². The van der Waals surface area contributed by atoms with Crippen LogP contribution in [-0.4, -0.2) is 193 Å². The fourth-order valence-corrected chi connectivity index (χ4v) is 11.2. The van der Waals surface area contributed by atoms with E-state index in [-0.39, 0.29) is 18.9 Å². The van der Waals surface area contributed by atoms with Crippen LogP contribution in [0.4, 0.5) is 0 Å². The molecular weight excluding hydrogens is 1080 g/mol. The number of hydrogen-bond donors (Lipinski definition) is 12. The van der Waals surface area contributed by atoms with Gasteiger partial charge in [-0.15, -0.1) is 0 Å². The maximum atomic E-state index is 13.4. The van der Waals surface area contributed by atoms with Gasteiger partial charge in [-0.1, -0.05) is 217 Å². The molecule has 492 valence electrons. The first-order valence-corrected chi connectivity index (χ1v) is 33.2. The molecule has 3 fully saturated rings. The zero-order valence-corrected chi connectivity index (χ0v) is 51.6. The van der Waals surface area contributed by atoms with E-state index in [1.807, 2.05) is 6.08 Å². The molecule has 19 nitrogen and oxygen atoms in total. The highest BCUT2D eigenvalue weighted by molar-refractivity contribution is 5.76. The van der Waals surface area contributed by atoms with Crippen molar-refractivity contribution in [3.63, 3.8) is 0 Å². The average molecular weight is 1200 g/mol. The standard InChI is InChI=1S/C65H119NO18/c1-3-5-7-9-11-13-15-17-19-21-22-23-24-25-26-27-29-31-33-35-37-39-41-43-53(71)66-48(49(70)42-40-38-36-34-32-30-28-20-18-16-14-12-10-8-6-4-2)47-79-63-59(77)56(74)61(51(45-68)81-63)84-65-60(78)57(75)62(52(46-69)82-65)83-64-58(76)55(73)54(72)50(44-67)80-64/h15,17,21-22,40,42,48-52,54-65,67-70,72-78H,3-14,16,18-20,23-39,41,43-47H2,1-2H3,(H,66,71)/b17-15-,22-21-,42-40+. The second kappa shape index (κ2) is 47.9. The summed E-state index contributed by atoms with van der Waals surface area (Å²) in [6.07, 6.45) is 26.8. The molecule has 3 aliphatic rings. The zero-order chi connectivity index (χ0) is 61.2. The van der Waals surface area contributed by atoms with Gasteiger partial charge < -0.3 is 89.9 Å². The SMILES string of the molecule is CCCCCCC/C=C\C/C=C\CCCCCCCCCCCCCC(=O)NC(COC1OC(CO)C(OC2OC(CO)C(OC3OC(CO)C(O)C(O)C3O)C(O)C2O)C(O)C1O)C(O)/C=C/CCCCCCCCCCCCCCCC. The summed E-state index contributed by atoms with van der Waals surface area (Å²) in [5, 5.41) is 120. The van der Waals surface area contributed by atoms with Gasteiger partial charge in [0.1, 0.15) is 73.2 Å². The van der Waals surface area contributed by atoms with Crippen molar-refractivity contribution in [3.05, 3.63) is 36.5 Å². The Morgan fingerprint density at radius 1 is 0.429 bits per heavy atom. The highest BCUT2D eigenvalue weighted by Crippen LogP contribution is 2.33. The number of nitrogens with one attached hydrogen (secondary N) is 1. The van der Waals surface area contributed by atoms with Crippen LogP contribution in [0.1, 0.15) is 239 Å². The van der Waals surface area contributed by atoms with Crippen LogP contribution in [0.2, 0.25) is 0 Å². The summed E-state index contributed by atoms with van der Waals surface area (Å²) in [6.45, 7) is 1.73. The summed E-state index contributed by atoms with van der Waals surface area (Å²) in [7, 11) is 0. The largest absolute Gasteiger partial charge is 0.394 e. The predicted molar refractivity (Wildman–Crippen MR) is 323 cm³/mol. The van der Waals surface area contributed by atoms with Gasteiger partial charge in [0.15, 0.2) is 18.9 Å². The van der Waals surface area contributed by atoms with E-state index < -0.39 is 124 Å². The van der Waals surface area contributed by atoms with Crippen molar-refractivity contribution in [1.82, 2.24) is 5.32 Å². The normalized spacial score (nSPS) is 29.4. The Hall–Kier alpha value is -1.99. The van der Waals surface area contributed by atoms with Crippen molar-refractivity contribution in [2.75, 3.05) is 26.4 Å². The van der Waals surface area contributed by atoms with Crippen LogP contribution < -0.4 is 5.32 Å². The molecule has 0 spiro atoms. The average Bonchev–Trinajstić information content (AvgIpc) is 3.69. The monoisotopic (exact) mass is 1200 g/mol. The molecule has 3 rings (SSSR count). The molecule has 3 heterocycles. The highest BCUT2D eigenvalue weighted by Gasteiger charge is 2.53. The molecular formula is C65H119NO18. The summed E-state index contributed by atoms with van der Waals surface area (Å²) in [5.74, 6) is -0.277. The Morgan fingerprint density at radius 3 is 1.21 bits per heavy atom. The van der Waals surface area contributed by atoms with E-state index in [0.29, 0.717) is 6.42 Å². The lowest BCUT2D eigenvalue weighted by molar-refractivity contribution is -0.379. The number of carbonyl (C=O) groups is 1. The first-order valence-electron chi connectivity index (χ1n) is 33.2. The number of carbonyl (C=O) groups excluding carboxylic acids is 1. The van der Waals surface area contributed by atoms with Crippen molar-refractivity contribution in [1.29, 1.82) is 0 Å². The number of unbranched alkanes of at least 4 members (excludes halogenated alkanes) is 30. The van der Waals surface area contributed by atoms with Crippen LogP contribution in [0.15, 0.2) is 36.5 Å². The molecule has 0 aromatic carbocycles. The number of ether oxygens (including phenoxy) is 6. The molecule has 0 aromatic rings. The number of allylic oxidation sites excluding steroid dienone is 5. The van der Waals surface area contributed by atoms with Crippen LogP contribution in [0.3, 0.4) is 0 Å². The third-order valence-corrected chi connectivity index (χ3v) is 16.7. The number of aliphatic hydroxyl groups excluding tert-OH is 11. The van der Waals surface area contributed by atoms with E-state index in [9.17, 15) is 61.0 Å². The predicted octanol–water partition coefficient (Wildman–Crippen LogP) is 7.66. The summed E-state index contributed by atoms with van der Waals surface area (Å²) in [5.41, 5.74) is 0. The first-order chi connectivity index (χ1) is 40.8. The Bertz CT molecular complexity index is 1670. The lowest BCUT2D eigenvalue weighted by Crippen LogP contribution is -2.66. The molecule has 0 saturated carbocycles. The molecule has 3 saturated heterocycles. The molecule has 19 heteroatoms. The number of hydrogen-bond acceptors (Lipinski definition) is 18. The molecule has 0 radical (unpaired) electrons. The Kier molecular flexibility index (Phi) is 43.5. The molecule has 0 aliphatic carbocycles. The first kappa shape index (κ1) is 76.3. The van der Waals surface area contributed by atoms with Gasteiger partial charge in [-0.25, -0.2) is 0 Å². The molecule has 0 aromatic heterocycles. The highest BCUT2D eigenvalue weighted by atomic mass is 16.8. The van der Waals surface area contributed by atoms with Crippen LogP contribution in [0.5, 0.6) is 0 Å². The van der Waals surface area contributed by atoms with Crippen molar-refractivity contribution in [3.8, 4) is 0 Å². The summed E-state index contributed by atoms with van der Waals surface area (Å²) in [4.78, 5) is 13.4. The van der Waals surface area contributed by atoms with Crippen molar-refractivity contribution < 1.29 is 89.4 Å². The van der Waals surface area contributed by atoms with Crippen molar-refractivity contribution in [2.24, 2.45) is 0 Å². The van der Waals surface area contributed by atoms with Crippen molar-refractivity contribution in [2.45, 2.75) is 343 Å². The van der Waals surface area contributed by atoms with Gasteiger partial charge in [0.2, 0.25) is 5.91 Å². The van der Waals surface area contributed by atoms with E-state index in [1.54, 1.807) is 6.08 Å². The third-order valence-electron chi connectivity index (χ3n) is 16.7. The fourth-order valence-electron chi connectivity index (χ4n) is 11.2. The summed E-state index contributed by atoms with van der Waals surface area (Å²) in [6, 6.07) is -0.973. The van der Waals surface area contributed by atoms with E-state index >= 15 is 0 Å². The molecule has 17 unspecified atom stereocenters. The van der Waals surface area contributed by atoms with Crippen LogP contribution >= 0.6 is 0 Å². The molecule has 84 heavy (non-hydrogen) atoms. The van der Waals surface area contributed by atoms with Gasteiger partial charge in [0.05, 0.1) is 38.6 Å². The molecule has 3 aliphatic heterocycles. The molecule has 17 atom stereocenters. The second-order valence-electron chi connectivity index (χ2n) is 23.9. The minimum Gasteiger partial charge on any atom is -0.394 e. The Balaban J connectivity index is 1.46. The minimum atomic E-state index is -1.98. The van der Waals surface area contributed by atoms with E-state index in [2.05, 4.69) is 43.5 Å². The number of amides is 1. The molecule has 1 amide bonds. The summed E-state index contributed by atoms with van der Waals surface area (Å²) < 4.78 is 34.3. The Labute approximate surface area is 504 Å². The zero-order valence-electron chi connectivity index (χ0n) is 51.6. The van der Waals surface area contributed by atoms with Crippen molar-refractivity contribution >= 4 is 5.91 Å². The molecule has 0 bridgehead atoms. The van der Waals surface area contributed by atoms with Gasteiger partial charge >= 0.3 is 0 Å². The lowest BCUT2D eigenvalue weighted by Gasteiger charge is -2.48. The quantitative estimate of drug-likeness (QED) is 0.0205. The maximum absolute atomic E-state index is 13.4. The van der Waals surface area contributed by atoms with Gasteiger partial charge in [0, 0.05) is 6.42 Å². The second-order valence-corrected chi connectivity index (χ2v) is 23.9. The van der Waals surface area contributed by atoms with Gasteiger partial charge in [-0.3, -0.25) is 4.79 Å². The van der Waals surface area contributed by atoms with Crippen LogP contribution in [0.25, 0.3) is 0 Å². The third kappa shape index (κ3) is 30.5. The summed E-state index contributed by atoms with van der Waals surface area (Å²) >= 11 is 0. The van der Waals surface area contributed by atoms with E-state index in [1.165, 1.54) is 154 Å². The molecule has 12 N–H and O–H groups in total. The maximum Gasteiger partial charge on any atom is 0.220 e. The van der Waals surface area contributed by atoms with Crippen LogP contribution in [0, 0.1) is 0 Å². The number of rotatable bonds is 50. The lowest BCUT2D eigenvalue weighted by atomic mass is 9.96. The Morgan fingerprint density at radius 2 is 0.786 bits per heavy atom. The minimum absolute atomic E-state index is 0.242. The van der Waals surface area contributed by atoms with Gasteiger partial charge in [-0.2, -0.15) is 0 Å². The topological polar surface area (TPSA) is 307 Å². The fraction of sp³-hybridized carbons (Fsp3) is 0.892. The van der Waals surface area contributed by atoms with Crippen LogP contribution in [-0.2, 0) is 33.2 Å². The number of aliphatic hydroxyl groups is 11. The van der Waals surface area contributed by atoms with Gasteiger partial charge in [0.25, 0.3) is 0 Å².